The minimum absolute atomic E-state index is 0.140. The minimum atomic E-state index is -0.993. The third-order valence-corrected chi connectivity index (χ3v) is 4.52. The van der Waals surface area contributed by atoms with E-state index in [2.05, 4.69) is 16.8 Å². The lowest BCUT2D eigenvalue weighted by Crippen LogP contribution is -2.04. The van der Waals surface area contributed by atoms with E-state index in [4.69, 9.17) is 4.74 Å². The van der Waals surface area contributed by atoms with Crippen LogP contribution in [0.4, 0.5) is 4.39 Å². The normalized spacial score (nSPS) is 10.6. The Morgan fingerprint density at radius 3 is 2.57 bits per heavy atom. The summed E-state index contributed by atoms with van der Waals surface area (Å²) in [4.78, 5) is 15.9. The molecule has 0 aliphatic rings. The maximum atomic E-state index is 13.1. The number of nitrogens with zero attached hydrogens (tertiary/aromatic N) is 2. The number of carbonyl (C=O) groups is 1. The number of fused-ring (bicyclic) bond motifs is 1. The molecule has 1 N–H and O–H groups in total. The molecule has 0 fully saturated rings. The third-order valence-electron chi connectivity index (χ3n) is 4.52. The van der Waals surface area contributed by atoms with E-state index in [-0.39, 0.29) is 24.6 Å². The summed E-state index contributed by atoms with van der Waals surface area (Å²) in [5, 5.41) is 9.30. The SMILES string of the molecule is O=C(O)c1ccccc1COCc1nc2ccccn2c1C#Cc1ccc(F)cc1. The molecule has 2 heterocycles. The van der Waals surface area contributed by atoms with E-state index < -0.39 is 5.97 Å². The topological polar surface area (TPSA) is 63.8 Å². The first-order valence-corrected chi connectivity index (χ1v) is 9.24. The van der Waals surface area contributed by atoms with Gasteiger partial charge in [-0.3, -0.25) is 4.40 Å². The fourth-order valence-corrected chi connectivity index (χ4v) is 3.05. The first-order chi connectivity index (χ1) is 14.6. The second-order valence-corrected chi connectivity index (χ2v) is 6.55. The van der Waals surface area contributed by atoms with Crippen molar-refractivity contribution in [2.45, 2.75) is 13.2 Å². The van der Waals surface area contributed by atoms with Crippen molar-refractivity contribution in [2.24, 2.45) is 0 Å². The lowest BCUT2D eigenvalue weighted by atomic mass is 10.1. The van der Waals surface area contributed by atoms with Crippen LogP contribution in [0, 0.1) is 17.7 Å². The average molecular weight is 400 g/mol. The molecule has 0 saturated carbocycles. The Morgan fingerprint density at radius 2 is 1.77 bits per heavy atom. The summed E-state index contributed by atoms with van der Waals surface area (Å²) < 4.78 is 20.8. The Labute approximate surface area is 172 Å². The number of rotatable bonds is 5. The minimum Gasteiger partial charge on any atom is -0.478 e. The van der Waals surface area contributed by atoms with Crippen molar-refractivity contribution in [1.29, 1.82) is 0 Å². The lowest BCUT2D eigenvalue weighted by Gasteiger charge is -2.06. The molecule has 4 aromatic rings. The highest BCUT2D eigenvalue weighted by Gasteiger charge is 2.12. The average Bonchev–Trinajstić information content (AvgIpc) is 3.11. The van der Waals surface area contributed by atoms with Crippen LogP contribution in [0.5, 0.6) is 0 Å². The van der Waals surface area contributed by atoms with Crippen LogP contribution in [-0.4, -0.2) is 20.5 Å². The van der Waals surface area contributed by atoms with Crippen molar-refractivity contribution in [2.75, 3.05) is 0 Å². The van der Waals surface area contributed by atoms with E-state index in [9.17, 15) is 14.3 Å². The van der Waals surface area contributed by atoms with Crippen LogP contribution in [0.25, 0.3) is 5.65 Å². The predicted molar refractivity (Wildman–Crippen MR) is 109 cm³/mol. The van der Waals surface area contributed by atoms with Crippen molar-refractivity contribution < 1.29 is 19.0 Å². The van der Waals surface area contributed by atoms with E-state index in [0.717, 1.165) is 5.65 Å². The highest BCUT2D eigenvalue weighted by Crippen LogP contribution is 2.16. The molecule has 2 aromatic heterocycles. The predicted octanol–water partition coefficient (Wildman–Crippen LogP) is 4.29. The molecule has 0 amide bonds. The standard InChI is InChI=1S/C24H17FN2O3/c25-19-11-8-17(9-12-19)10-13-22-21(26-23-7-3-4-14-27(22)23)16-30-15-18-5-1-2-6-20(18)24(28)29/h1-9,11-12,14H,15-16H2,(H,28,29). The zero-order valence-corrected chi connectivity index (χ0v) is 15.9. The first kappa shape index (κ1) is 19.4. The summed E-state index contributed by atoms with van der Waals surface area (Å²) in [6, 6.07) is 18.3. The summed E-state index contributed by atoms with van der Waals surface area (Å²) in [5.41, 5.74) is 3.52. The Hall–Kier alpha value is -3.95. The monoisotopic (exact) mass is 400 g/mol. The summed E-state index contributed by atoms with van der Waals surface area (Å²) >= 11 is 0. The van der Waals surface area contributed by atoms with Crippen molar-refractivity contribution >= 4 is 11.6 Å². The van der Waals surface area contributed by atoms with Gasteiger partial charge < -0.3 is 9.84 Å². The van der Waals surface area contributed by atoms with Gasteiger partial charge >= 0.3 is 5.97 Å². The van der Waals surface area contributed by atoms with E-state index in [1.54, 1.807) is 36.4 Å². The van der Waals surface area contributed by atoms with Gasteiger partial charge in [0.05, 0.1) is 18.8 Å². The Kier molecular flexibility index (Phi) is 5.55. The van der Waals surface area contributed by atoms with Gasteiger partial charge in [0.1, 0.15) is 22.9 Å². The zero-order valence-electron chi connectivity index (χ0n) is 15.9. The molecule has 2 aromatic carbocycles. The van der Waals surface area contributed by atoms with Gasteiger partial charge in [0.15, 0.2) is 0 Å². The highest BCUT2D eigenvalue weighted by molar-refractivity contribution is 5.89. The van der Waals surface area contributed by atoms with Crippen LogP contribution in [0.3, 0.4) is 0 Å². The van der Waals surface area contributed by atoms with Gasteiger partial charge in [-0.2, -0.15) is 0 Å². The smallest absolute Gasteiger partial charge is 0.336 e. The number of carboxylic acid groups (broad SMARTS) is 1. The number of ether oxygens (including phenoxy) is 1. The van der Waals surface area contributed by atoms with Crippen molar-refractivity contribution in [3.8, 4) is 11.8 Å². The van der Waals surface area contributed by atoms with Gasteiger partial charge in [-0.1, -0.05) is 30.2 Å². The van der Waals surface area contributed by atoms with Crippen LogP contribution in [0.15, 0.2) is 72.9 Å². The number of halogens is 1. The van der Waals surface area contributed by atoms with E-state index in [1.807, 2.05) is 28.8 Å². The van der Waals surface area contributed by atoms with Gasteiger partial charge in [-0.05, 0) is 53.9 Å². The Bertz CT molecular complexity index is 1270. The second kappa shape index (κ2) is 8.60. The molecule has 148 valence electrons. The van der Waals surface area contributed by atoms with Crippen molar-refractivity contribution in [3.63, 3.8) is 0 Å². The summed E-state index contributed by atoms with van der Waals surface area (Å²) in [7, 11) is 0. The van der Waals surface area contributed by atoms with Crippen LogP contribution in [0.1, 0.15) is 32.9 Å². The molecule has 0 spiro atoms. The van der Waals surface area contributed by atoms with Crippen LogP contribution >= 0.6 is 0 Å². The van der Waals surface area contributed by atoms with Crippen LogP contribution in [0.2, 0.25) is 0 Å². The number of benzene rings is 2. The fraction of sp³-hybridized carbons (Fsp3) is 0.0833. The molecule has 0 aliphatic carbocycles. The number of imidazole rings is 1. The number of aromatic nitrogens is 2. The van der Waals surface area contributed by atoms with Crippen LogP contribution in [-0.2, 0) is 18.0 Å². The number of hydrogen-bond acceptors (Lipinski definition) is 3. The zero-order chi connectivity index (χ0) is 20.9. The number of aromatic carboxylic acids is 1. The van der Waals surface area contributed by atoms with Crippen molar-refractivity contribution in [1.82, 2.24) is 9.38 Å². The number of hydrogen-bond donors (Lipinski definition) is 1. The molecule has 4 rings (SSSR count). The number of pyridine rings is 1. The molecule has 5 nitrogen and oxygen atoms in total. The molecular weight excluding hydrogens is 383 g/mol. The van der Waals surface area contributed by atoms with Crippen molar-refractivity contribution in [3.05, 3.63) is 107 Å². The summed E-state index contributed by atoms with van der Waals surface area (Å²) in [6.07, 6.45) is 1.86. The molecule has 0 radical (unpaired) electrons. The molecule has 0 unspecified atom stereocenters. The third kappa shape index (κ3) is 4.22. The quantitative estimate of drug-likeness (QED) is 0.508. The van der Waals surface area contributed by atoms with Gasteiger partial charge in [0.25, 0.3) is 0 Å². The van der Waals surface area contributed by atoms with Gasteiger partial charge in [-0.15, -0.1) is 0 Å². The maximum absolute atomic E-state index is 13.1. The maximum Gasteiger partial charge on any atom is 0.336 e. The fourth-order valence-electron chi connectivity index (χ4n) is 3.05. The Morgan fingerprint density at radius 1 is 1.00 bits per heavy atom. The molecule has 30 heavy (non-hydrogen) atoms. The lowest BCUT2D eigenvalue weighted by molar-refractivity contribution is 0.0683. The molecular formula is C24H17FN2O3. The molecule has 6 heteroatoms. The molecule has 0 aliphatic heterocycles. The van der Waals surface area contributed by atoms with Crippen LogP contribution < -0.4 is 0 Å². The van der Waals surface area contributed by atoms with Gasteiger partial charge in [0, 0.05) is 11.8 Å². The first-order valence-electron chi connectivity index (χ1n) is 9.24. The number of carboxylic acids is 1. The van der Waals surface area contributed by atoms with E-state index in [1.165, 1.54) is 12.1 Å². The largest absolute Gasteiger partial charge is 0.478 e. The summed E-state index contributed by atoms with van der Waals surface area (Å²) in [6.45, 7) is 0.310. The van der Waals surface area contributed by atoms with Gasteiger partial charge in [-0.25, -0.2) is 14.2 Å². The molecule has 0 bridgehead atoms. The second-order valence-electron chi connectivity index (χ2n) is 6.55. The summed E-state index contributed by atoms with van der Waals surface area (Å²) in [5.74, 6) is 4.83. The van der Waals surface area contributed by atoms with E-state index in [0.29, 0.717) is 22.5 Å². The van der Waals surface area contributed by atoms with E-state index >= 15 is 0 Å². The highest BCUT2D eigenvalue weighted by atomic mass is 19.1. The molecule has 0 atom stereocenters. The Balaban J connectivity index is 1.59. The van der Waals surface area contributed by atoms with Gasteiger partial charge in [0.2, 0.25) is 0 Å². The molecule has 0 saturated heterocycles.